The fourth-order valence-electron chi connectivity index (χ4n) is 2.81. The molecule has 0 spiro atoms. The normalized spacial score (nSPS) is 18.2. The maximum Gasteiger partial charge on any atom is 0.201 e. The third-order valence-electron chi connectivity index (χ3n) is 3.83. The molecule has 1 fully saturated rings. The highest BCUT2D eigenvalue weighted by atomic mass is 127. The lowest BCUT2D eigenvalue weighted by atomic mass is 10.2. The van der Waals surface area contributed by atoms with Crippen molar-refractivity contribution < 1.29 is 9.13 Å². The van der Waals surface area contributed by atoms with Gasteiger partial charge in [0.05, 0.1) is 27.8 Å². The second kappa shape index (κ2) is 6.05. The lowest BCUT2D eigenvalue weighted by molar-refractivity contribution is 0.0329. The van der Waals surface area contributed by atoms with Gasteiger partial charge in [-0.15, -0.1) is 0 Å². The highest BCUT2D eigenvalue weighted by Crippen LogP contribution is 2.26. The van der Waals surface area contributed by atoms with Gasteiger partial charge in [0, 0.05) is 31.7 Å². The van der Waals surface area contributed by atoms with E-state index in [1.54, 1.807) is 6.07 Å². The van der Waals surface area contributed by atoms with Gasteiger partial charge in [-0.3, -0.25) is 4.90 Å². The number of aromatic nitrogens is 2. The minimum atomic E-state index is -0.233. The van der Waals surface area contributed by atoms with Gasteiger partial charge in [-0.05, 0) is 35.6 Å². The average Bonchev–Trinajstić information content (AvgIpc) is 2.75. The van der Waals surface area contributed by atoms with E-state index in [0.717, 1.165) is 43.9 Å². The van der Waals surface area contributed by atoms with Gasteiger partial charge >= 0.3 is 0 Å². The van der Waals surface area contributed by atoms with E-state index in [1.165, 1.54) is 6.07 Å². The van der Waals surface area contributed by atoms with E-state index < -0.39 is 0 Å². The summed E-state index contributed by atoms with van der Waals surface area (Å²) in [7, 11) is 0. The third-order valence-corrected chi connectivity index (χ3v) is 4.65. The molecule has 2 N–H and O–H groups in total. The molecule has 7 heteroatoms. The fourth-order valence-corrected chi connectivity index (χ4v) is 3.26. The van der Waals surface area contributed by atoms with Crippen molar-refractivity contribution in [1.29, 1.82) is 0 Å². The smallest absolute Gasteiger partial charge is 0.201 e. The molecular formula is C14H18FIN4O. The number of halogens is 2. The van der Waals surface area contributed by atoms with Crippen LogP contribution in [0.25, 0.3) is 11.0 Å². The zero-order valence-corrected chi connectivity index (χ0v) is 14.0. The summed E-state index contributed by atoms with van der Waals surface area (Å²) < 4.78 is 21.7. The number of morpholine rings is 1. The number of hydrogen-bond acceptors (Lipinski definition) is 4. The van der Waals surface area contributed by atoms with Crippen LogP contribution in [0.2, 0.25) is 0 Å². The number of nitrogens with two attached hydrogens (primary N) is 1. The minimum Gasteiger partial charge on any atom is -0.379 e. The Hall–Kier alpha value is -0.930. The Bertz CT molecular complexity index is 654. The monoisotopic (exact) mass is 404 g/mol. The van der Waals surface area contributed by atoms with Crippen LogP contribution in [0.1, 0.15) is 13.0 Å². The van der Waals surface area contributed by atoms with E-state index >= 15 is 0 Å². The van der Waals surface area contributed by atoms with Crippen LogP contribution in [0, 0.1) is 9.39 Å². The van der Waals surface area contributed by atoms with Crippen LogP contribution in [0.15, 0.2) is 12.1 Å². The molecule has 1 atom stereocenters. The molecule has 21 heavy (non-hydrogen) atoms. The summed E-state index contributed by atoms with van der Waals surface area (Å²) in [6.45, 7) is 6.31. The molecular weight excluding hydrogens is 386 g/mol. The van der Waals surface area contributed by atoms with E-state index in [2.05, 4.69) is 16.8 Å². The van der Waals surface area contributed by atoms with Crippen molar-refractivity contribution in [3.8, 4) is 0 Å². The van der Waals surface area contributed by atoms with Gasteiger partial charge in [0.15, 0.2) is 0 Å². The van der Waals surface area contributed by atoms with E-state index in [-0.39, 0.29) is 11.9 Å². The van der Waals surface area contributed by atoms with Gasteiger partial charge in [0.2, 0.25) is 5.95 Å². The van der Waals surface area contributed by atoms with Crippen LogP contribution >= 0.6 is 22.6 Å². The first kappa shape index (κ1) is 15.0. The van der Waals surface area contributed by atoms with Gasteiger partial charge in [-0.2, -0.15) is 0 Å². The number of fused-ring (bicyclic) bond motifs is 1. The molecule has 1 aliphatic heterocycles. The van der Waals surface area contributed by atoms with Crippen LogP contribution < -0.4 is 5.73 Å². The van der Waals surface area contributed by atoms with Crippen LogP contribution in [0.5, 0.6) is 0 Å². The summed E-state index contributed by atoms with van der Waals surface area (Å²) in [5.74, 6) is 0.204. The molecule has 0 aliphatic carbocycles. The summed E-state index contributed by atoms with van der Waals surface area (Å²) in [6.07, 6.45) is 0. The predicted molar refractivity (Wildman–Crippen MR) is 88.8 cm³/mol. The SMILES string of the molecule is CC(CN1CCOCC1)n1c(N)nc2cc(I)c(F)cc21. The molecule has 0 amide bonds. The molecule has 5 nitrogen and oxygen atoms in total. The number of hydrogen-bond donors (Lipinski definition) is 1. The number of imidazole rings is 1. The Morgan fingerprint density at radius 2 is 2.14 bits per heavy atom. The number of anilines is 1. The maximum atomic E-state index is 13.8. The Labute approximate surface area is 136 Å². The van der Waals surface area contributed by atoms with Crippen molar-refractivity contribution in [3.05, 3.63) is 21.5 Å². The molecule has 0 bridgehead atoms. The second-order valence-electron chi connectivity index (χ2n) is 5.36. The zero-order chi connectivity index (χ0) is 15.0. The fraction of sp³-hybridized carbons (Fsp3) is 0.500. The number of nitrogens with zero attached hydrogens (tertiary/aromatic N) is 3. The molecule has 1 aromatic heterocycles. The van der Waals surface area contributed by atoms with Crippen LogP contribution in [0.4, 0.5) is 10.3 Å². The van der Waals surface area contributed by atoms with Crippen LogP contribution in [-0.4, -0.2) is 47.3 Å². The molecule has 3 rings (SSSR count). The van der Waals surface area contributed by atoms with Crippen LogP contribution in [0.3, 0.4) is 0 Å². The van der Waals surface area contributed by atoms with Gasteiger partial charge < -0.3 is 15.0 Å². The van der Waals surface area contributed by atoms with Gasteiger partial charge in [0.1, 0.15) is 5.82 Å². The predicted octanol–water partition coefficient (Wildman–Crippen LogP) is 2.26. The maximum absolute atomic E-state index is 13.8. The second-order valence-corrected chi connectivity index (χ2v) is 6.52. The summed E-state index contributed by atoms with van der Waals surface area (Å²) in [6, 6.07) is 3.39. The van der Waals surface area contributed by atoms with E-state index in [4.69, 9.17) is 10.5 Å². The summed E-state index contributed by atoms with van der Waals surface area (Å²) in [4.78, 5) is 6.69. The number of rotatable bonds is 3. The lowest BCUT2D eigenvalue weighted by Crippen LogP contribution is -2.39. The quantitative estimate of drug-likeness (QED) is 0.798. The van der Waals surface area contributed by atoms with E-state index in [1.807, 2.05) is 27.2 Å². The average molecular weight is 404 g/mol. The number of nitrogen functional groups attached to an aromatic ring is 1. The first-order chi connectivity index (χ1) is 10.1. The Kier molecular flexibility index (Phi) is 4.32. The molecule has 1 aromatic carbocycles. The summed E-state index contributed by atoms with van der Waals surface area (Å²) in [5.41, 5.74) is 7.54. The van der Waals surface area contributed by atoms with Crippen molar-refractivity contribution in [2.75, 3.05) is 38.6 Å². The van der Waals surface area contributed by atoms with Crippen molar-refractivity contribution in [2.45, 2.75) is 13.0 Å². The van der Waals surface area contributed by atoms with Crippen LogP contribution in [-0.2, 0) is 4.74 Å². The summed E-state index contributed by atoms with van der Waals surface area (Å²) >= 11 is 1.97. The topological polar surface area (TPSA) is 56.3 Å². The largest absolute Gasteiger partial charge is 0.379 e. The zero-order valence-electron chi connectivity index (χ0n) is 11.9. The lowest BCUT2D eigenvalue weighted by Gasteiger charge is -2.30. The van der Waals surface area contributed by atoms with Gasteiger partial charge in [-0.25, -0.2) is 9.37 Å². The number of ether oxygens (including phenoxy) is 1. The Morgan fingerprint density at radius 1 is 1.43 bits per heavy atom. The highest BCUT2D eigenvalue weighted by Gasteiger charge is 2.19. The van der Waals surface area contributed by atoms with E-state index in [9.17, 15) is 4.39 Å². The molecule has 1 aliphatic rings. The van der Waals surface area contributed by atoms with Crippen molar-refractivity contribution in [2.24, 2.45) is 0 Å². The standard InChI is InChI=1S/C14H18FIN4O/c1-9(8-19-2-4-21-5-3-19)20-13-6-10(15)11(16)7-12(13)18-14(20)17/h6-7,9H,2-5,8H2,1H3,(H2,17,18). The molecule has 0 saturated carbocycles. The Balaban J connectivity index is 1.91. The first-order valence-corrected chi connectivity index (χ1v) is 8.06. The molecule has 0 radical (unpaired) electrons. The molecule has 1 saturated heterocycles. The van der Waals surface area contributed by atoms with Crippen molar-refractivity contribution in [1.82, 2.24) is 14.5 Å². The number of benzene rings is 1. The summed E-state index contributed by atoms with van der Waals surface area (Å²) in [5, 5.41) is 0. The van der Waals surface area contributed by atoms with Crippen molar-refractivity contribution in [3.63, 3.8) is 0 Å². The minimum absolute atomic E-state index is 0.132. The van der Waals surface area contributed by atoms with E-state index in [0.29, 0.717) is 9.52 Å². The third kappa shape index (κ3) is 3.00. The highest BCUT2D eigenvalue weighted by molar-refractivity contribution is 14.1. The first-order valence-electron chi connectivity index (χ1n) is 6.99. The van der Waals surface area contributed by atoms with Gasteiger partial charge in [-0.1, -0.05) is 0 Å². The molecule has 114 valence electrons. The Morgan fingerprint density at radius 3 is 2.86 bits per heavy atom. The molecule has 2 aromatic rings. The molecule has 2 heterocycles. The molecule has 1 unspecified atom stereocenters. The van der Waals surface area contributed by atoms with Gasteiger partial charge in [0.25, 0.3) is 0 Å². The van der Waals surface area contributed by atoms with Crippen molar-refractivity contribution >= 4 is 39.6 Å².